The highest BCUT2D eigenvalue weighted by molar-refractivity contribution is 5.98. The zero-order valence-corrected chi connectivity index (χ0v) is 14.1. The fraction of sp³-hybridized carbons (Fsp3) is 0.375. The van der Waals surface area contributed by atoms with Gasteiger partial charge in [-0.15, -0.1) is 0 Å². The summed E-state index contributed by atoms with van der Waals surface area (Å²) in [5.74, 6) is -1.87. The van der Waals surface area contributed by atoms with Crippen molar-refractivity contribution in [1.29, 1.82) is 0 Å². The van der Waals surface area contributed by atoms with Crippen LogP contribution in [0.25, 0.3) is 0 Å². The Morgan fingerprint density at radius 3 is 2.24 bits per heavy atom. The number of hydrogen-bond acceptors (Lipinski definition) is 6. The van der Waals surface area contributed by atoms with Gasteiger partial charge >= 0.3 is 18.1 Å². The minimum Gasteiger partial charge on any atom is -0.491 e. The van der Waals surface area contributed by atoms with Crippen LogP contribution in [0.15, 0.2) is 30.0 Å². The number of benzene rings is 1. The van der Waals surface area contributed by atoms with E-state index in [9.17, 15) is 22.8 Å². The van der Waals surface area contributed by atoms with Gasteiger partial charge in [-0.05, 0) is 26.0 Å². The Morgan fingerprint density at radius 1 is 1.12 bits per heavy atom. The van der Waals surface area contributed by atoms with Crippen molar-refractivity contribution in [3.05, 3.63) is 35.5 Å². The van der Waals surface area contributed by atoms with Crippen molar-refractivity contribution in [2.45, 2.75) is 26.1 Å². The lowest BCUT2D eigenvalue weighted by Gasteiger charge is -2.16. The van der Waals surface area contributed by atoms with Gasteiger partial charge in [-0.25, -0.2) is 9.59 Å². The zero-order valence-electron chi connectivity index (χ0n) is 14.1. The molecule has 0 unspecified atom stereocenters. The second kappa shape index (κ2) is 8.41. The van der Waals surface area contributed by atoms with E-state index in [2.05, 4.69) is 14.8 Å². The monoisotopic (exact) mass is 361 g/mol. The van der Waals surface area contributed by atoms with E-state index in [0.717, 1.165) is 32.4 Å². The van der Waals surface area contributed by atoms with Gasteiger partial charge < -0.3 is 19.5 Å². The first-order chi connectivity index (χ1) is 11.6. The summed E-state index contributed by atoms with van der Waals surface area (Å²) in [6, 6.07) is 2.89. The molecule has 0 atom stereocenters. The van der Waals surface area contributed by atoms with E-state index in [1.165, 1.54) is 6.07 Å². The molecule has 0 radical (unpaired) electrons. The van der Waals surface area contributed by atoms with Crippen molar-refractivity contribution in [2.75, 3.05) is 19.5 Å². The number of rotatable bonds is 6. The van der Waals surface area contributed by atoms with Gasteiger partial charge in [-0.3, -0.25) is 0 Å². The van der Waals surface area contributed by atoms with Gasteiger partial charge in [-0.1, -0.05) is 0 Å². The molecule has 1 aromatic carbocycles. The fourth-order valence-electron chi connectivity index (χ4n) is 1.76. The molecule has 0 saturated heterocycles. The number of anilines is 1. The lowest BCUT2D eigenvalue weighted by Crippen LogP contribution is -2.16. The third-order valence-electron chi connectivity index (χ3n) is 2.75. The average molecular weight is 361 g/mol. The van der Waals surface area contributed by atoms with Gasteiger partial charge in [-0.2, -0.15) is 13.2 Å². The standard InChI is InChI=1S/C16H18F3NO5/c1-9(2)25-12-6-10(16(17,18)19)5-11(7-12)20-13(15(22)24-4)8-14(21)23-3/h5-9,20H,1-4H3/b13-8+. The molecule has 0 aliphatic carbocycles. The molecule has 6 nitrogen and oxygen atoms in total. The number of carbonyl (C=O) groups excluding carboxylic acids is 2. The summed E-state index contributed by atoms with van der Waals surface area (Å²) in [5, 5.41) is 2.43. The largest absolute Gasteiger partial charge is 0.491 e. The summed E-state index contributed by atoms with van der Waals surface area (Å²) < 4.78 is 53.3. The van der Waals surface area contributed by atoms with Crippen LogP contribution in [-0.2, 0) is 25.2 Å². The molecule has 1 rings (SSSR count). The molecule has 0 aliphatic rings. The first-order valence-electron chi connectivity index (χ1n) is 7.10. The first kappa shape index (κ1) is 20.3. The summed E-state index contributed by atoms with van der Waals surface area (Å²) in [5.41, 5.74) is -1.47. The number of carbonyl (C=O) groups is 2. The van der Waals surface area contributed by atoms with E-state index in [1.54, 1.807) is 13.8 Å². The number of hydrogen-bond donors (Lipinski definition) is 1. The van der Waals surface area contributed by atoms with Crippen LogP contribution in [0.1, 0.15) is 19.4 Å². The maximum atomic E-state index is 13.0. The predicted octanol–water partition coefficient (Wildman–Crippen LogP) is 3.13. The maximum Gasteiger partial charge on any atom is 0.416 e. The van der Waals surface area contributed by atoms with Crippen molar-refractivity contribution in [2.24, 2.45) is 0 Å². The van der Waals surface area contributed by atoms with E-state index in [-0.39, 0.29) is 23.2 Å². The van der Waals surface area contributed by atoms with Crippen molar-refractivity contribution in [3.8, 4) is 5.75 Å². The lowest BCUT2D eigenvalue weighted by atomic mass is 10.1. The molecule has 0 amide bonds. The minimum absolute atomic E-state index is 0.0467. The normalized spacial score (nSPS) is 11.9. The van der Waals surface area contributed by atoms with Crippen LogP contribution >= 0.6 is 0 Å². The smallest absolute Gasteiger partial charge is 0.416 e. The van der Waals surface area contributed by atoms with Crippen molar-refractivity contribution < 1.29 is 37.0 Å². The Morgan fingerprint density at radius 2 is 1.76 bits per heavy atom. The van der Waals surface area contributed by atoms with E-state index in [0.29, 0.717) is 0 Å². The SMILES string of the molecule is COC(=O)/C=C(/Nc1cc(OC(C)C)cc(C(F)(F)F)c1)C(=O)OC. The molecular formula is C16H18F3NO5. The van der Waals surface area contributed by atoms with Gasteiger partial charge in [0.1, 0.15) is 11.4 Å². The fourth-order valence-corrected chi connectivity index (χ4v) is 1.76. The van der Waals surface area contributed by atoms with Crippen LogP contribution in [0, 0.1) is 0 Å². The molecule has 0 aliphatic heterocycles. The second-order valence-corrected chi connectivity index (χ2v) is 5.11. The number of nitrogens with one attached hydrogen (secondary N) is 1. The Kier molecular flexibility index (Phi) is 6.84. The Balaban J connectivity index is 3.30. The molecule has 0 heterocycles. The second-order valence-electron chi connectivity index (χ2n) is 5.11. The predicted molar refractivity (Wildman–Crippen MR) is 82.9 cm³/mol. The Hall–Kier alpha value is -2.71. The number of methoxy groups -OCH3 is 2. The average Bonchev–Trinajstić information content (AvgIpc) is 2.51. The summed E-state index contributed by atoms with van der Waals surface area (Å²) in [6.07, 6.45) is -4.21. The lowest BCUT2D eigenvalue weighted by molar-refractivity contribution is -0.138. The third-order valence-corrected chi connectivity index (χ3v) is 2.75. The maximum absolute atomic E-state index is 13.0. The molecule has 0 fully saturated rings. The highest BCUT2D eigenvalue weighted by atomic mass is 19.4. The van der Waals surface area contributed by atoms with Crippen LogP contribution in [0.4, 0.5) is 18.9 Å². The van der Waals surface area contributed by atoms with Gasteiger partial charge in [0.25, 0.3) is 0 Å². The molecule has 0 spiro atoms. The molecule has 1 N–H and O–H groups in total. The Labute approximate surface area is 142 Å². The van der Waals surface area contributed by atoms with Crippen LogP contribution in [0.5, 0.6) is 5.75 Å². The van der Waals surface area contributed by atoms with E-state index in [1.807, 2.05) is 0 Å². The van der Waals surface area contributed by atoms with E-state index in [4.69, 9.17) is 4.74 Å². The topological polar surface area (TPSA) is 73.9 Å². The molecule has 1 aromatic rings. The zero-order chi connectivity index (χ0) is 19.2. The number of alkyl halides is 3. The molecule has 138 valence electrons. The third kappa shape index (κ3) is 6.36. The van der Waals surface area contributed by atoms with Gasteiger partial charge in [0.05, 0.1) is 32.0 Å². The minimum atomic E-state index is -4.62. The molecule has 0 bridgehead atoms. The van der Waals surface area contributed by atoms with Crippen LogP contribution in [0.3, 0.4) is 0 Å². The van der Waals surface area contributed by atoms with Crippen molar-refractivity contribution in [1.82, 2.24) is 0 Å². The van der Waals surface area contributed by atoms with Crippen molar-refractivity contribution >= 4 is 17.6 Å². The highest BCUT2D eigenvalue weighted by Gasteiger charge is 2.32. The van der Waals surface area contributed by atoms with Crippen molar-refractivity contribution in [3.63, 3.8) is 0 Å². The van der Waals surface area contributed by atoms with Gasteiger partial charge in [0.2, 0.25) is 0 Å². The first-order valence-corrected chi connectivity index (χ1v) is 7.10. The number of ether oxygens (including phenoxy) is 3. The van der Waals surface area contributed by atoms with E-state index < -0.39 is 23.7 Å². The number of halogens is 3. The summed E-state index contributed by atoms with van der Waals surface area (Å²) in [6.45, 7) is 3.31. The quantitative estimate of drug-likeness (QED) is 0.620. The van der Waals surface area contributed by atoms with Gasteiger partial charge in [0, 0.05) is 11.8 Å². The summed E-state index contributed by atoms with van der Waals surface area (Å²) in [7, 11) is 2.15. The molecule has 25 heavy (non-hydrogen) atoms. The van der Waals surface area contributed by atoms with E-state index >= 15 is 0 Å². The molecular weight excluding hydrogens is 343 g/mol. The number of esters is 2. The van der Waals surface area contributed by atoms with Gasteiger partial charge in [0.15, 0.2) is 0 Å². The molecule has 9 heteroatoms. The van der Waals surface area contributed by atoms with Crippen LogP contribution in [-0.4, -0.2) is 32.3 Å². The molecule has 0 saturated carbocycles. The summed E-state index contributed by atoms with van der Waals surface area (Å²) >= 11 is 0. The summed E-state index contributed by atoms with van der Waals surface area (Å²) in [4.78, 5) is 23.0. The highest BCUT2D eigenvalue weighted by Crippen LogP contribution is 2.34. The van der Waals surface area contributed by atoms with Crippen LogP contribution < -0.4 is 10.1 Å². The Bertz CT molecular complexity index is 668. The molecule has 0 aromatic heterocycles. The van der Waals surface area contributed by atoms with Crippen LogP contribution in [0.2, 0.25) is 0 Å².